The molecule has 0 saturated carbocycles. The molecule has 1 aliphatic heterocycles. The van der Waals surface area contributed by atoms with Gasteiger partial charge in [-0.05, 0) is 39.1 Å². The van der Waals surface area contributed by atoms with Crippen LogP contribution in [-0.4, -0.2) is 51.3 Å². The van der Waals surface area contributed by atoms with E-state index in [2.05, 4.69) is 36.0 Å². The van der Waals surface area contributed by atoms with Crippen molar-refractivity contribution in [3.05, 3.63) is 24.3 Å². The Kier molecular flexibility index (Phi) is 4.32. The molecule has 0 aliphatic carbocycles. The molecule has 0 aromatic heterocycles. The van der Waals surface area contributed by atoms with E-state index in [1.54, 1.807) is 7.11 Å². The predicted molar refractivity (Wildman–Crippen MR) is 79.9 cm³/mol. The normalized spacial score (nSPS) is 18.7. The van der Waals surface area contributed by atoms with Gasteiger partial charge in [0.15, 0.2) is 0 Å². The first-order valence-corrected chi connectivity index (χ1v) is 6.88. The van der Waals surface area contributed by atoms with Crippen LogP contribution < -0.4 is 15.4 Å². The molecule has 106 valence electrons. The minimum Gasteiger partial charge on any atom is -0.497 e. The van der Waals surface area contributed by atoms with Crippen molar-refractivity contribution in [1.29, 1.82) is 0 Å². The van der Waals surface area contributed by atoms with Crippen LogP contribution in [0.3, 0.4) is 0 Å². The monoisotopic (exact) mass is 263 g/mol. The molecule has 1 aromatic carbocycles. The minimum absolute atomic E-state index is 0.162. The van der Waals surface area contributed by atoms with Crippen molar-refractivity contribution >= 4 is 5.69 Å². The molecular weight excluding hydrogens is 238 g/mol. The first-order chi connectivity index (χ1) is 9.11. The Morgan fingerprint density at radius 1 is 1.32 bits per heavy atom. The fraction of sp³-hybridized carbons (Fsp3) is 0.600. The number of benzene rings is 1. The van der Waals surface area contributed by atoms with Gasteiger partial charge in [-0.3, -0.25) is 0 Å². The zero-order valence-corrected chi connectivity index (χ0v) is 12.2. The van der Waals surface area contributed by atoms with Gasteiger partial charge < -0.3 is 20.3 Å². The molecule has 2 rings (SSSR count). The summed E-state index contributed by atoms with van der Waals surface area (Å²) >= 11 is 0. The predicted octanol–water partition coefficient (Wildman–Crippen LogP) is 1.55. The van der Waals surface area contributed by atoms with Crippen LogP contribution in [0.5, 0.6) is 5.75 Å². The molecule has 19 heavy (non-hydrogen) atoms. The fourth-order valence-corrected chi connectivity index (χ4v) is 2.82. The first-order valence-electron chi connectivity index (χ1n) is 6.88. The SMILES string of the molecule is COc1cccc(N2CCC(CN)(N(C)C)CC2)c1. The lowest BCUT2D eigenvalue weighted by molar-refractivity contribution is 0.125. The molecule has 0 atom stereocenters. The molecule has 1 aromatic rings. The summed E-state index contributed by atoms with van der Waals surface area (Å²) in [7, 11) is 5.98. The summed E-state index contributed by atoms with van der Waals surface area (Å²) in [5, 5.41) is 0. The molecule has 0 radical (unpaired) electrons. The molecule has 1 aliphatic rings. The number of hydrogen-bond acceptors (Lipinski definition) is 4. The van der Waals surface area contributed by atoms with Crippen LogP contribution in [0.25, 0.3) is 0 Å². The Bertz CT molecular complexity index is 412. The van der Waals surface area contributed by atoms with Crippen LogP contribution in [0.15, 0.2) is 24.3 Å². The Labute approximate surface area is 116 Å². The minimum atomic E-state index is 0.162. The van der Waals surface area contributed by atoms with Crippen molar-refractivity contribution in [2.45, 2.75) is 18.4 Å². The molecule has 0 amide bonds. The van der Waals surface area contributed by atoms with Crippen LogP contribution >= 0.6 is 0 Å². The number of nitrogens with zero attached hydrogens (tertiary/aromatic N) is 2. The lowest BCUT2D eigenvalue weighted by Gasteiger charge is -2.46. The van der Waals surface area contributed by atoms with Gasteiger partial charge in [0.25, 0.3) is 0 Å². The number of nitrogens with two attached hydrogens (primary N) is 1. The fourth-order valence-electron chi connectivity index (χ4n) is 2.82. The number of likely N-dealkylation sites (N-methyl/N-ethyl adjacent to an activating group) is 1. The Hall–Kier alpha value is -1.26. The Balaban J connectivity index is 2.07. The highest BCUT2D eigenvalue weighted by Gasteiger charge is 2.35. The van der Waals surface area contributed by atoms with Gasteiger partial charge in [0.05, 0.1) is 7.11 Å². The summed E-state index contributed by atoms with van der Waals surface area (Å²) in [5.41, 5.74) is 7.39. The molecule has 1 heterocycles. The van der Waals surface area contributed by atoms with E-state index in [0.717, 1.165) is 38.2 Å². The van der Waals surface area contributed by atoms with Gasteiger partial charge >= 0.3 is 0 Å². The molecule has 1 fully saturated rings. The molecule has 0 spiro atoms. The highest BCUT2D eigenvalue weighted by atomic mass is 16.5. The summed E-state index contributed by atoms with van der Waals surface area (Å²) in [6.07, 6.45) is 2.21. The molecule has 0 bridgehead atoms. The molecule has 2 N–H and O–H groups in total. The van der Waals surface area contributed by atoms with Crippen molar-refractivity contribution < 1.29 is 4.74 Å². The van der Waals surface area contributed by atoms with E-state index in [4.69, 9.17) is 10.5 Å². The maximum Gasteiger partial charge on any atom is 0.120 e. The Morgan fingerprint density at radius 3 is 2.53 bits per heavy atom. The van der Waals surface area contributed by atoms with E-state index >= 15 is 0 Å². The second-order valence-corrected chi connectivity index (χ2v) is 5.51. The number of methoxy groups -OCH3 is 1. The van der Waals surface area contributed by atoms with Crippen molar-refractivity contribution in [3.63, 3.8) is 0 Å². The van der Waals surface area contributed by atoms with Crippen molar-refractivity contribution in [2.24, 2.45) is 5.73 Å². The van der Waals surface area contributed by atoms with E-state index in [-0.39, 0.29) is 5.54 Å². The van der Waals surface area contributed by atoms with E-state index in [1.807, 2.05) is 12.1 Å². The summed E-state index contributed by atoms with van der Waals surface area (Å²) in [4.78, 5) is 4.70. The maximum absolute atomic E-state index is 5.99. The van der Waals surface area contributed by atoms with Gasteiger partial charge in [-0.25, -0.2) is 0 Å². The topological polar surface area (TPSA) is 41.7 Å². The third-order valence-electron chi connectivity index (χ3n) is 4.44. The Morgan fingerprint density at radius 2 is 2.00 bits per heavy atom. The lowest BCUT2D eigenvalue weighted by atomic mass is 9.86. The average molecular weight is 263 g/mol. The average Bonchev–Trinajstić information content (AvgIpc) is 2.47. The highest BCUT2D eigenvalue weighted by molar-refractivity contribution is 5.51. The van der Waals surface area contributed by atoms with Gasteiger partial charge in [0.2, 0.25) is 0 Å². The molecule has 4 heteroatoms. The zero-order valence-electron chi connectivity index (χ0n) is 12.2. The van der Waals surface area contributed by atoms with Crippen molar-refractivity contribution in [3.8, 4) is 5.75 Å². The smallest absolute Gasteiger partial charge is 0.120 e. The number of anilines is 1. The highest BCUT2D eigenvalue weighted by Crippen LogP contribution is 2.30. The van der Waals surface area contributed by atoms with Crippen LogP contribution in [-0.2, 0) is 0 Å². The van der Waals surface area contributed by atoms with E-state index < -0.39 is 0 Å². The summed E-state index contributed by atoms with van der Waals surface area (Å²) in [5.74, 6) is 0.917. The van der Waals surface area contributed by atoms with Crippen LogP contribution in [0.1, 0.15) is 12.8 Å². The number of hydrogen-bond donors (Lipinski definition) is 1. The second-order valence-electron chi connectivity index (χ2n) is 5.51. The summed E-state index contributed by atoms with van der Waals surface area (Å²) in [6, 6.07) is 8.28. The molecule has 1 saturated heterocycles. The third-order valence-corrected chi connectivity index (χ3v) is 4.44. The third kappa shape index (κ3) is 2.85. The van der Waals surface area contributed by atoms with Crippen LogP contribution in [0, 0.1) is 0 Å². The molecular formula is C15H25N3O. The van der Waals surface area contributed by atoms with Gasteiger partial charge in [-0.1, -0.05) is 6.07 Å². The maximum atomic E-state index is 5.99. The van der Waals surface area contributed by atoms with Gasteiger partial charge in [-0.2, -0.15) is 0 Å². The first kappa shape index (κ1) is 14.2. The van der Waals surface area contributed by atoms with Gasteiger partial charge in [0.1, 0.15) is 5.75 Å². The van der Waals surface area contributed by atoms with Crippen LogP contribution in [0.2, 0.25) is 0 Å². The van der Waals surface area contributed by atoms with E-state index in [0.29, 0.717) is 0 Å². The zero-order chi connectivity index (χ0) is 13.9. The summed E-state index contributed by atoms with van der Waals surface area (Å²) < 4.78 is 5.29. The largest absolute Gasteiger partial charge is 0.497 e. The van der Waals surface area contributed by atoms with Gasteiger partial charge in [0, 0.05) is 36.9 Å². The van der Waals surface area contributed by atoms with Crippen LogP contribution in [0.4, 0.5) is 5.69 Å². The van der Waals surface area contributed by atoms with Crippen molar-refractivity contribution in [1.82, 2.24) is 4.90 Å². The number of rotatable bonds is 4. The number of ether oxygens (including phenoxy) is 1. The lowest BCUT2D eigenvalue weighted by Crippen LogP contribution is -2.57. The standard InChI is InChI=1S/C15H25N3O/c1-17(2)15(12-16)7-9-18(10-8-15)13-5-4-6-14(11-13)19-3/h4-6,11H,7-10,12,16H2,1-3H3. The molecule has 0 unspecified atom stereocenters. The second kappa shape index (κ2) is 5.80. The summed E-state index contributed by atoms with van der Waals surface area (Å²) in [6.45, 7) is 2.82. The van der Waals surface area contributed by atoms with Crippen molar-refractivity contribution in [2.75, 3.05) is 45.7 Å². The van der Waals surface area contributed by atoms with E-state index in [9.17, 15) is 0 Å². The van der Waals surface area contributed by atoms with Gasteiger partial charge in [-0.15, -0.1) is 0 Å². The number of piperidine rings is 1. The molecule has 4 nitrogen and oxygen atoms in total. The van der Waals surface area contributed by atoms with E-state index in [1.165, 1.54) is 5.69 Å². The quantitative estimate of drug-likeness (QED) is 0.895.